The molecule has 0 bridgehead atoms. The van der Waals surface area contributed by atoms with E-state index in [4.69, 9.17) is 0 Å². The summed E-state index contributed by atoms with van der Waals surface area (Å²) in [6.45, 7) is 6.29. The molecule has 1 aromatic rings. The molecule has 0 spiro atoms. The van der Waals surface area contributed by atoms with Gasteiger partial charge in [-0.3, -0.25) is 38.9 Å². The van der Waals surface area contributed by atoms with Gasteiger partial charge in [-0.1, -0.05) is 32.4 Å². The Labute approximate surface area is 313 Å². The molecular weight excluding hydrogens is 712 g/mol. The lowest BCUT2D eigenvalue weighted by molar-refractivity contribution is -0.384. The van der Waals surface area contributed by atoms with Gasteiger partial charge in [-0.2, -0.15) is 11.8 Å². The van der Waals surface area contributed by atoms with Crippen molar-refractivity contribution in [3.63, 3.8) is 0 Å². The first-order valence-corrected chi connectivity index (χ1v) is 19.0. The summed E-state index contributed by atoms with van der Waals surface area (Å²) < 4.78 is 0. The summed E-state index contributed by atoms with van der Waals surface area (Å²) in [6.07, 6.45) is 0.312. The number of nitro groups is 1. The molecule has 2 rings (SSSR count). The van der Waals surface area contributed by atoms with Crippen LogP contribution in [0.15, 0.2) is 24.3 Å². The number of non-ortho nitro benzene ring substituents is 1. The third kappa shape index (κ3) is 15.3. The molecule has 0 unspecified atom stereocenters. The molecule has 1 aliphatic heterocycles. The van der Waals surface area contributed by atoms with E-state index in [0.717, 1.165) is 12.8 Å². The average Bonchev–Trinajstić information content (AvgIpc) is 3.10. The van der Waals surface area contributed by atoms with Crippen molar-refractivity contribution >= 4 is 52.9 Å². The number of nitro benzene ring substituents is 1. The minimum Gasteiger partial charge on any atom is -0.391 e. The first-order chi connectivity index (χ1) is 25.0. The van der Waals surface area contributed by atoms with Crippen molar-refractivity contribution in [1.29, 1.82) is 0 Å². The summed E-state index contributed by atoms with van der Waals surface area (Å²) in [4.78, 5) is 89.4. The highest BCUT2D eigenvalue weighted by atomic mass is 32.2. The van der Waals surface area contributed by atoms with Crippen LogP contribution >= 0.6 is 11.8 Å². The zero-order chi connectivity index (χ0) is 39.7. The van der Waals surface area contributed by atoms with Gasteiger partial charge in [0.1, 0.15) is 30.2 Å². The maximum absolute atomic E-state index is 13.5. The van der Waals surface area contributed by atoms with Crippen LogP contribution in [0.2, 0.25) is 0 Å². The third-order valence-electron chi connectivity index (χ3n) is 8.49. The number of carbonyl (C=O) groups excluding carboxylic acids is 6. The Hall–Kier alpha value is -4.33. The Balaban J connectivity index is 2.12. The van der Waals surface area contributed by atoms with E-state index >= 15 is 0 Å². The fourth-order valence-corrected chi connectivity index (χ4v) is 6.42. The average molecular weight is 768 g/mol. The fourth-order valence-electron chi connectivity index (χ4n) is 5.37. The van der Waals surface area contributed by atoms with Gasteiger partial charge in [-0.15, -0.1) is 0 Å². The van der Waals surface area contributed by atoms with Crippen molar-refractivity contribution in [2.24, 2.45) is 5.92 Å². The van der Waals surface area contributed by atoms with Crippen molar-refractivity contribution in [2.75, 3.05) is 24.6 Å². The fraction of sp³-hybridized carbons (Fsp3) is 0.647. The lowest BCUT2D eigenvalue weighted by Crippen LogP contribution is -2.63. The van der Waals surface area contributed by atoms with Crippen LogP contribution in [0.25, 0.3) is 0 Å². The number of benzene rings is 1. The number of nitrogens with zero attached hydrogens (tertiary/aromatic N) is 1. The number of amides is 6. The van der Waals surface area contributed by atoms with E-state index in [-0.39, 0.29) is 36.7 Å². The predicted molar refractivity (Wildman–Crippen MR) is 196 cm³/mol. The lowest BCUT2D eigenvalue weighted by atomic mass is 10.0. The van der Waals surface area contributed by atoms with E-state index in [0.29, 0.717) is 30.7 Å². The number of quaternary nitrogens is 1. The monoisotopic (exact) mass is 767 g/mol. The number of aliphatic hydroxyl groups excluding tert-OH is 2. The quantitative estimate of drug-likeness (QED) is 0.0657. The molecule has 0 aliphatic carbocycles. The number of hydrogen-bond acceptors (Lipinski definition) is 11. The SMILES string of the molecule is CC(C)[C@H](NC(=O)[C@@H](NC(=O)[C@@H]1CSCCCCCC(=O)N[C@@H](CC[NH3+])C(=O)N1)[C@@H](C)O)C(=O)N[C@H](C(=O)NCCc1ccc([N+](=O)[O-])cc1)[C@@H](C)O. The number of hydrogen-bond donors (Lipinski definition) is 9. The number of aliphatic hydroxyl groups is 2. The van der Waals surface area contributed by atoms with Crippen LogP contribution in [0.5, 0.6) is 0 Å². The summed E-state index contributed by atoms with van der Waals surface area (Å²) in [7, 11) is 0. The molecule has 1 fully saturated rings. The van der Waals surface area contributed by atoms with Crippen molar-refractivity contribution < 1.29 is 49.6 Å². The summed E-state index contributed by atoms with van der Waals surface area (Å²) in [6, 6.07) is -0.469. The molecule has 53 heavy (non-hydrogen) atoms. The maximum atomic E-state index is 13.5. The van der Waals surface area contributed by atoms with Crippen LogP contribution < -0.4 is 37.6 Å². The molecule has 1 heterocycles. The van der Waals surface area contributed by atoms with Gasteiger partial charge in [-0.25, -0.2) is 0 Å². The number of thioether (sulfide) groups is 1. The number of carbonyl (C=O) groups is 6. The van der Waals surface area contributed by atoms with Crippen LogP contribution in [-0.4, -0.2) is 118 Å². The van der Waals surface area contributed by atoms with Gasteiger partial charge >= 0.3 is 0 Å². The molecule has 0 aromatic heterocycles. The molecule has 1 aromatic carbocycles. The Bertz CT molecular complexity index is 1410. The van der Waals surface area contributed by atoms with E-state index in [2.05, 4.69) is 37.6 Å². The van der Waals surface area contributed by atoms with E-state index in [1.807, 2.05) is 0 Å². The normalized spacial score (nSPS) is 20.0. The summed E-state index contributed by atoms with van der Waals surface area (Å²) in [5.41, 5.74) is 4.40. The van der Waals surface area contributed by atoms with Crippen molar-refractivity contribution in [3.05, 3.63) is 39.9 Å². The minimum absolute atomic E-state index is 0.0751. The highest BCUT2D eigenvalue weighted by Gasteiger charge is 2.36. The molecule has 1 aliphatic rings. The molecule has 6 amide bonds. The summed E-state index contributed by atoms with van der Waals surface area (Å²) in [5, 5.41) is 47.3. The predicted octanol–water partition coefficient (Wildman–Crippen LogP) is -1.97. The lowest BCUT2D eigenvalue weighted by Gasteiger charge is -2.29. The number of nitrogens with one attached hydrogen (secondary N) is 6. The topological polar surface area (TPSA) is 286 Å². The largest absolute Gasteiger partial charge is 0.391 e. The maximum Gasteiger partial charge on any atom is 0.269 e. The van der Waals surface area contributed by atoms with Crippen LogP contribution in [0, 0.1) is 16.0 Å². The van der Waals surface area contributed by atoms with E-state index < -0.39 is 82.8 Å². The van der Waals surface area contributed by atoms with Crippen molar-refractivity contribution in [2.45, 2.75) is 109 Å². The Morgan fingerprint density at radius 3 is 2.09 bits per heavy atom. The molecule has 19 heteroatoms. The van der Waals surface area contributed by atoms with Gasteiger partial charge < -0.3 is 47.8 Å². The van der Waals surface area contributed by atoms with Gasteiger partial charge in [0.05, 0.1) is 23.7 Å². The molecule has 0 saturated carbocycles. The van der Waals surface area contributed by atoms with E-state index in [9.17, 15) is 49.1 Å². The van der Waals surface area contributed by atoms with Crippen molar-refractivity contribution in [3.8, 4) is 0 Å². The summed E-state index contributed by atoms with van der Waals surface area (Å²) >= 11 is 1.42. The first-order valence-electron chi connectivity index (χ1n) is 17.8. The van der Waals surface area contributed by atoms with E-state index in [1.165, 1.54) is 37.7 Å². The Morgan fingerprint density at radius 1 is 0.906 bits per heavy atom. The zero-order valence-corrected chi connectivity index (χ0v) is 31.5. The second kappa shape index (κ2) is 22.7. The number of rotatable bonds is 16. The van der Waals surface area contributed by atoms with Crippen LogP contribution in [0.3, 0.4) is 0 Å². The van der Waals surface area contributed by atoms with Crippen LogP contribution in [-0.2, 0) is 35.2 Å². The van der Waals surface area contributed by atoms with Crippen molar-refractivity contribution in [1.82, 2.24) is 31.9 Å². The highest BCUT2D eigenvalue weighted by Crippen LogP contribution is 2.14. The molecule has 18 nitrogen and oxygen atoms in total. The second-order valence-corrected chi connectivity index (χ2v) is 14.5. The van der Waals surface area contributed by atoms with Gasteiger partial charge in [0.15, 0.2) is 0 Å². The Kier molecular flexibility index (Phi) is 19.2. The smallest absolute Gasteiger partial charge is 0.269 e. The van der Waals surface area contributed by atoms with Crippen LogP contribution in [0.1, 0.15) is 65.4 Å². The molecule has 1 saturated heterocycles. The molecule has 11 N–H and O–H groups in total. The Morgan fingerprint density at radius 2 is 1.51 bits per heavy atom. The minimum atomic E-state index is -1.55. The van der Waals surface area contributed by atoms with Gasteiger partial charge in [0.2, 0.25) is 35.4 Å². The molecule has 7 atom stereocenters. The first kappa shape index (κ1) is 44.8. The third-order valence-corrected chi connectivity index (χ3v) is 9.63. The molecule has 296 valence electrons. The summed E-state index contributed by atoms with van der Waals surface area (Å²) in [5.74, 6) is -3.76. The van der Waals surface area contributed by atoms with Gasteiger partial charge in [0, 0.05) is 37.3 Å². The zero-order valence-electron chi connectivity index (χ0n) is 30.7. The van der Waals surface area contributed by atoms with Crippen LogP contribution in [0.4, 0.5) is 5.69 Å². The highest BCUT2D eigenvalue weighted by molar-refractivity contribution is 7.99. The van der Waals surface area contributed by atoms with E-state index in [1.54, 1.807) is 26.0 Å². The van der Waals surface area contributed by atoms with Gasteiger partial charge in [0.25, 0.3) is 5.69 Å². The molecular formula is C34H55N8O10S+. The second-order valence-electron chi connectivity index (χ2n) is 13.4. The van der Waals surface area contributed by atoms with Gasteiger partial charge in [-0.05, 0) is 50.3 Å². The molecule has 0 radical (unpaired) electrons. The standard InChI is InChI=1S/C34H54N8O10S/c1-19(2)27(33(49)41-28(20(3)43)32(48)36-16-14-22-9-11-23(12-10-22)42(51)52)39-34(50)29(21(4)44)40-31(47)25-18-53-17-7-5-6-8-26(45)37-24(13-15-35)30(46)38-25/h9-12,19-21,24-25,27-29,43-44H,5-8,13-18,35H2,1-4H3,(H,36,48)(H,37,45)(H,38,46)(H,39,50)(H,40,47)(H,41,49)/p+1/t20-,21-,24+,25+,27+,28+,29+/m1/s1.